The van der Waals surface area contributed by atoms with Crippen molar-refractivity contribution >= 4 is 27.8 Å². The Morgan fingerprint density at radius 3 is 2.40 bits per heavy atom. The largest absolute Gasteiger partial charge is 0.412 e. The smallest absolute Gasteiger partial charge is 0.412 e. The number of hydrogen-bond acceptors (Lipinski definition) is 1. The molecular formula is C27H49OSSe. The van der Waals surface area contributed by atoms with Crippen LogP contribution in [-0.4, -0.2) is 31.0 Å². The number of fused-ring (bicyclic) bond motifs is 2. The van der Waals surface area contributed by atoms with Gasteiger partial charge in [-0.1, -0.05) is 20.8 Å². The molecule has 5 fully saturated rings. The van der Waals surface area contributed by atoms with E-state index < -0.39 is 0 Å². The first-order valence-electron chi connectivity index (χ1n) is 13.5. The summed E-state index contributed by atoms with van der Waals surface area (Å²) < 4.78 is 2.01. The Bertz CT molecular complexity index is 569. The Morgan fingerprint density at radius 2 is 1.63 bits per heavy atom. The van der Waals surface area contributed by atoms with Crippen molar-refractivity contribution in [1.82, 2.24) is 0 Å². The zero-order valence-corrected chi connectivity index (χ0v) is 22.8. The van der Waals surface area contributed by atoms with Gasteiger partial charge in [-0.15, -0.1) is 0 Å². The summed E-state index contributed by atoms with van der Waals surface area (Å²) >= 11 is 6.46. The maximum absolute atomic E-state index is 3.88. The molecule has 2 N–H and O–H groups in total. The Balaban J connectivity index is 0.000000830. The molecule has 0 aromatic rings. The third-order valence-electron chi connectivity index (χ3n) is 10.1. The van der Waals surface area contributed by atoms with Crippen LogP contribution in [0.25, 0.3) is 0 Å². The van der Waals surface area contributed by atoms with Gasteiger partial charge in [-0.2, -0.15) is 0 Å². The molecule has 1 radical (unpaired) electrons. The molecule has 0 aromatic carbocycles. The molecule has 0 amide bonds. The zero-order chi connectivity index (χ0) is 20.7. The van der Waals surface area contributed by atoms with E-state index in [0.29, 0.717) is 9.06 Å². The summed E-state index contributed by atoms with van der Waals surface area (Å²) in [5.74, 6) is 5.14. The molecule has 30 heavy (non-hydrogen) atoms. The minimum absolute atomic E-state index is 0. The molecule has 0 aromatic heterocycles. The summed E-state index contributed by atoms with van der Waals surface area (Å²) in [6.07, 6.45) is 22.7. The Hall–Kier alpha value is 0.829. The van der Waals surface area contributed by atoms with Gasteiger partial charge < -0.3 is 5.48 Å². The summed E-state index contributed by atoms with van der Waals surface area (Å²) in [6.45, 7) is 8.96. The molecule has 4 saturated carbocycles. The normalized spacial score (nSPS) is 46.7. The quantitative estimate of drug-likeness (QED) is 0.271. The van der Waals surface area contributed by atoms with E-state index in [4.69, 9.17) is 0 Å². The van der Waals surface area contributed by atoms with Gasteiger partial charge in [-0.25, -0.2) is 0 Å². The fourth-order valence-electron chi connectivity index (χ4n) is 9.01. The average molecular weight is 501 g/mol. The summed E-state index contributed by atoms with van der Waals surface area (Å²) in [4.78, 5) is 0. The van der Waals surface area contributed by atoms with Crippen molar-refractivity contribution in [1.29, 1.82) is 0 Å². The molecule has 1 aliphatic heterocycles. The molecule has 3 heteroatoms. The molecule has 2 bridgehead atoms. The van der Waals surface area contributed by atoms with Crippen LogP contribution < -0.4 is 0 Å². The molecule has 8 atom stereocenters. The van der Waals surface area contributed by atoms with E-state index in [1.807, 2.05) is 13.8 Å². The van der Waals surface area contributed by atoms with E-state index in [1.165, 1.54) is 57.8 Å². The van der Waals surface area contributed by atoms with Crippen LogP contribution in [0.3, 0.4) is 0 Å². The van der Waals surface area contributed by atoms with Crippen molar-refractivity contribution in [2.45, 2.75) is 138 Å². The fraction of sp³-hybridized carbons (Fsp3) is 1.00. The van der Waals surface area contributed by atoms with Crippen LogP contribution in [-0.2, 0) is 0 Å². The van der Waals surface area contributed by atoms with Crippen LogP contribution in [0.4, 0.5) is 0 Å². The average Bonchev–Trinajstić information content (AvgIpc) is 3.06. The van der Waals surface area contributed by atoms with E-state index in [1.54, 1.807) is 38.5 Å². The van der Waals surface area contributed by atoms with E-state index in [0.717, 1.165) is 34.3 Å². The molecule has 1 spiro atoms. The molecule has 5 rings (SSSR count). The van der Waals surface area contributed by atoms with E-state index in [9.17, 15) is 0 Å². The SMILES string of the molecule is CC.CCCCCCC(C)C1CCC2C13CCC1C4([Se])CCCCC4CCC12S3.O. The molecule has 1 heterocycles. The van der Waals surface area contributed by atoms with Crippen LogP contribution in [0.2, 0.25) is 4.31 Å². The Morgan fingerprint density at radius 1 is 0.867 bits per heavy atom. The molecule has 8 unspecified atom stereocenters. The van der Waals surface area contributed by atoms with E-state index in [-0.39, 0.29) is 5.48 Å². The third kappa shape index (κ3) is 3.69. The number of unbranched alkanes of at least 4 members (excludes halogenated alkanes) is 3. The van der Waals surface area contributed by atoms with Gasteiger partial charge in [0.25, 0.3) is 0 Å². The van der Waals surface area contributed by atoms with Crippen molar-refractivity contribution in [3.05, 3.63) is 0 Å². The van der Waals surface area contributed by atoms with Gasteiger partial charge in [0.1, 0.15) is 0 Å². The van der Waals surface area contributed by atoms with Crippen molar-refractivity contribution in [3.63, 3.8) is 0 Å². The third-order valence-corrected chi connectivity index (χ3v) is 14.2. The summed E-state index contributed by atoms with van der Waals surface area (Å²) in [6, 6.07) is 0. The van der Waals surface area contributed by atoms with Gasteiger partial charge >= 0.3 is 174 Å². The predicted octanol–water partition coefficient (Wildman–Crippen LogP) is 7.77. The molecule has 4 aliphatic carbocycles. The summed E-state index contributed by atoms with van der Waals surface area (Å²) in [7, 11) is 0. The summed E-state index contributed by atoms with van der Waals surface area (Å²) in [5, 5.41) is 0. The first-order valence-corrected chi connectivity index (χ1v) is 15.1. The first-order chi connectivity index (χ1) is 14.1. The Kier molecular flexibility index (Phi) is 8.47. The van der Waals surface area contributed by atoms with Gasteiger partial charge in [0.05, 0.1) is 0 Å². The van der Waals surface area contributed by atoms with Gasteiger partial charge in [0, 0.05) is 0 Å². The number of thioether (sulfide) groups is 1. The monoisotopic (exact) mass is 501 g/mol. The van der Waals surface area contributed by atoms with Crippen molar-refractivity contribution < 1.29 is 5.48 Å². The minimum Gasteiger partial charge on any atom is -0.412 e. The van der Waals surface area contributed by atoms with E-state index >= 15 is 0 Å². The van der Waals surface area contributed by atoms with Crippen LogP contribution in [0, 0.1) is 29.6 Å². The van der Waals surface area contributed by atoms with Crippen LogP contribution in [0.5, 0.6) is 0 Å². The maximum Gasteiger partial charge on any atom is -0.412 e. The molecule has 1 saturated heterocycles. The number of hydrogen-bond donors (Lipinski definition) is 0. The van der Waals surface area contributed by atoms with Crippen LogP contribution >= 0.6 is 11.8 Å². The predicted molar refractivity (Wildman–Crippen MR) is 135 cm³/mol. The summed E-state index contributed by atoms with van der Waals surface area (Å²) in [5.41, 5.74) is 0. The second-order valence-corrected chi connectivity index (χ2v) is 14.4. The Labute approximate surface area is 200 Å². The second-order valence-electron chi connectivity index (χ2n) is 11.1. The van der Waals surface area contributed by atoms with Gasteiger partial charge in [-0.3, -0.25) is 0 Å². The van der Waals surface area contributed by atoms with Gasteiger partial charge in [0.15, 0.2) is 0 Å². The zero-order valence-electron chi connectivity index (χ0n) is 20.3. The topological polar surface area (TPSA) is 31.5 Å². The molecule has 1 nitrogen and oxygen atoms in total. The fourth-order valence-corrected chi connectivity index (χ4v) is 13.5. The van der Waals surface area contributed by atoms with Crippen molar-refractivity contribution in [2.75, 3.05) is 0 Å². The molecule has 175 valence electrons. The minimum atomic E-state index is 0. The molecule has 5 aliphatic rings. The van der Waals surface area contributed by atoms with Gasteiger partial charge in [-0.05, 0) is 0 Å². The van der Waals surface area contributed by atoms with Gasteiger partial charge in [0.2, 0.25) is 0 Å². The van der Waals surface area contributed by atoms with Crippen molar-refractivity contribution in [3.8, 4) is 0 Å². The standard InChI is InChI=1S/C25H41SSe.C2H6.H2O/c1-3-4-5-6-9-18(2)20-11-12-21-23(20)17-14-22-24(21,26-23)16-13-19-10-7-8-15-25(19,22)27;1-2;/h18-22H,3-17H2,1-2H3;1-2H3;1H2. The van der Waals surface area contributed by atoms with E-state index in [2.05, 4.69) is 41.6 Å². The second kappa shape index (κ2) is 9.98. The first kappa shape index (κ1) is 25.5. The molecular weight excluding hydrogens is 451 g/mol. The van der Waals surface area contributed by atoms with Crippen LogP contribution in [0.15, 0.2) is 0 Å². The van der Waals surface area contributed by atoms with Crippen LogP contribution in [0.1, 0.15) is 124 Å². The number of rotatable bonds is 6. The maximum atomic E-state index is 3.88. The van der Waals surface area contributed by atoms with Crippen molar-refractivity contribution in [2.24, 2.45) is 29.6 Å².